The number of rotatable bonds is 2. The van der Waals surface area contributed by atoms with Crippen LogP contribution in [0.15, 0.2) is 18.3 Å². The molecule has 108 valence electrons. The van der Waals surface area contributed by atoms with Gasteiger partial charge in [0.2, 0.25) is 5.91 Å². The lowest BCUT2D eigenvalue weighted by atomic mass is 9.96. The van der Waals surface area contributed by atoms with E-state index in [0.717, 1.165) is 43.6 Å². The molecule has 2 aliphatic heterocycles. The molecule has 0 bridgehead atoms. The first-order valence-corrected chi connectivity index (χ1v) is 7.35. The number of aryl methyl sites for hydroxylation is 1. The van der Waals surface area contributed by atoms with Gasteiger partial charge in [0, 0.05) is 24.2 Å². The predicted octanol–water partition coefficient (Wildman–Crippen LogP) is 1.59. The van der Waals surface area contributed by atoms with Gasteiger partial charge in [0.05, 0.1) is 12.6 Å². The first kappa shape index (κ1) is 13.5. The molecule has 0 spiro atoms. The number of piperidine rings is 1. The van der Waals surface area contributed by atoms with Gasteiger partial charge in [-0.2, -0.15) is 0 Å². The molecule has 1 amide bonds. The molecule has 1 N–H and O–H groups in total. The largest absolute Gasteiger partial charge is 0.317 e. The quantitative estimate of drug-likeness (QED) is 0.890. The summed E-state index contributed by atoms with van der Waals surface area (Å²) in [7, 11) is 0. The number of aromatic nitrogens is 1. The summed E-state index contributed by atoms with van der Waals surface area (Å²) in [6.45, 7) is 4.41. The average molecular weight is 275 g/mol. The van der Waals surface area contributed by atoms with Gasteiger partial charge in [0.25, 0.3) is 0 Å². The lowest BCUT2D eigenvalue weighted by molar-refractivity contribution is -0.182. The molecule has 1 aromatic heterocycles. The molecule has 0 radical (unpaired) electrons. The van der Waals surface area contributed by atoms with E-state index >= 15 is 0 Å². The highest BCUT2D eigenvalue weighted by Gasteiger charge is 2.36. The van der Waals surface area contributed by atoms with Gasteiger partial charge in [-0.3, -0.25) is 14.6 Å². The first-order valence-electron chi connectivity index (χ1n) is 7.35. The van der Waals surface area contributed by atoms with Gasteiger partial charge in [0.15, 0.2) is 0 Å². The number of carbonyl (C=O) groups is 1. The van der Waals surface area contributed by atoms with Crippen molar-refractivity contribution < 1.29 is 9.63 Å². The fourth-order valence-corrected chi connectivity index (χ4v) is 2.91. The number of hydrogen-bond donors (Lipinski definition) is 1. The Balaban J connectivity index is 1.74. The molecule has 5 nitrogen and oxygen atoms in total. The molecule has 2 saturated heterocycles. The molecule has 0 unspecified atom stereocenters. The van der Waals surface area contributed by atoms with Crippen molar-refractivity contribution in [2.45, 2.75) is 32.2 Å². The Labute approximate surface area is 119 Å². The Hall–Kier alpha value is -1.46. The van der Waals surface area contributed by atoms with Crippen LogP contribution in [-0.2, 0) is 9.63 Å². The van der Waals surface area contributed by atoms with Crippen LogP contribution in [0.1, 0.15) is 36.6 Å². The first-order chi connectivity index (χ1) is 9.75. The number of pyridine rings is 1. The highest BCUT2D eigenvalue weighted by Crippen LogP contribution is 2.32. The van der Waals surface area contributed by atoms with E-state index in [0.29, 0.717) is 6.61 Å². The number of carbonyl (C=O) groups excluding carboxylic acids is 1. The van der Waals surface area contributed by atoms with Gasteiger partial charge in [0.1, 0.15) is 0 Å². The van der Waals surface area contributed by atoms with Crippen LogP contribution in [0.4, 0.5) is 0 Å². The fourth-order valence-electron chi connectivity index (χ4n) is 2.91. The minimum atomic E-state index is 0.0190. The van der Waals surface area contributed by atoms with Crippen LogP contribution < -0.4 is 5.32 Å². The van der Waals surface area contributed by atoms with Crippen molar-refractivity contribution in [2.24, 2.45) is 5.92 Å². The van der Waals surface area contributed by atoms with E-state index in [1.54, 1.807) is 5.06 Å². The summed E-state index contributed by atoms with van der Waals surface area (Å²) in [4.78, 5) is 22.5. The van der Waals surface area contributed by atoms with Crippen LogP contribution in [0.5, 0.6) is 0 Å². The van der Waals surface area contributed by atoms with Crippen LogP contribution in [0, 0.1) is 12.8 Å². The molecule has 3 heterocycles. The molecule has 1 atom stereocenters. The maximum Gasteiger partial charge on any atom is 0.249 e. The third kappa shape index (κ3) is 2.69. The van der Waals surface area contributed by atoms with Crippen molar-refractivity contribution in [3.8, 4) is 0 Å². The average Bonchev–Trinajstić information content (AvgIpc) is 2.97. The smallest absolute Gasteiger partial charge is 0.249 e. The van der Waals surface area contributed by atoms with E-state index in [4.69, 9.17) is 4.84 Å². The summed E-state index contributed by atoms with van der Waals surface area (Å²) in [6, 6.07) is 4.05. The number of amides is 1. The standard InChI is InChI=1S/C15H21N3O2/c1-11-2-3-13(10-17-11)14-6-9-20-18(14)15(19)12-4-7-16-8-5-12/h2-3,10,12,14,16H,4-9H2,1H3/t14-/m0/s1. The van der Waals surface area contributed by atoms with E-state index in [2.05, 4.69) is 10.3 Å². The second-order valence-electron chi connectivity index (χ2n) is 5.56. The lowest BCUT2D eigenvalue weighted by Gasteiger charge is -2.29. The molecule has 3 rings (SSSR count). The van der Waals surface area contributed by atoms with Gasteiger partial charge < -0.3 is 5.32 Å². The Morgan fingerprint density at radius 3 is 2.85 bits per heavy atom. The van der Waals surface area contributed by atoms with E-state index in [-0.39, 0.29) is 17.9 Å². The van der Waals surface area contributed by atoms with Crippen LogP contribution in [0.3, 0.4) is 0 Å². The van der Waals surface area contributed by atoms with E-state index < -0.39 is 0 Å². The second kappa shape index (κ2) is 5.89. The lowest BCUT2D eigenvalue weighted by Crippen LogP contribution is -2.40. The number of hydrogen-bond acceptors (Lipinski definition) is 4. The van der Waals surface area contributed by atoms with Gasteiger partial charge >= 0.3 is 0 Å². The number of nitrogens with one attached hydrogen (secondary N) is 1. The third-order valence-electron chi connectivity index (χ3n) is 4.13. The molecule has 5 heteroatoms. The summed E-state index contributed by atoms with van der Waals surface area (Å²) >= 11 is 0. The molecule has 0 aromatic carbocycles. The van der Waals surface area contributed by atoms with E-state index in [9.17, 15) is 4.79 Å². The molecule has 0 aliphatic carbocycles. The summed E-state index contributed by atoms with van der Waals surface area (Å²) in [5.74, 6) is 0.227. The van der Waals surface area contributed by atoms with Crippen molar-refractivity contribution >= 4 is 5.91 Å². The van der Waals surface area contributed by atoms with Gasteiger partial charge in [-0.15, -0.1) is 0 Å². The van der Waals surface area contributed by atoms with Gasteiger partial charge in [-0.05, 0) is 44.5 Å². The fraction of sp³-hybridized carbons (Fsp3) is 0.600. The van der Waals surface area contributed by atoms with Crippen LogP contribution in [0.25, 0.3) is 0 Å². The Morgan fingerprint density at radius 2 is 2.15 bits per heavy atom. The zero-order chi connectivity index (χ0) is 13.9. The summed E-state index contributed by atoms with van der Waals surface area (Å²) in [5.41, 5.74) is 2.05. The van der Waals surface area contributed by atoms with Crippen LogP contribution in [-0.4, -0.2) is 35.7 Å². The summed E-state index contributed by atoms with van der Waals surface area (Å²) < 4.78 is 0. The van der Waals surface area contributed by atoms with Crippen molar-refractivity contribution in [1.29, 1.82) is 0 Å². The van der Waals surface area contributed by atoms with Gasteiger partial charge in [-0.1, -0.05) is 6.07 Å². The molecule has 1 aromatic rings. The van der Waals surface area contributed by atoms with Crippen LogP contribution >= 0.6 is 0 Å². The molecule has 2 fully saturated rings. The molecule has 0 saturated carbocycles. The van der Waals surface area contributed by atoms with Crippen molar-refractivity contribution in [3.05, 3.63) is 29.6 Å². The van der Waals surface area contributed by atoms with E-state index in [1.165, 1.54) is 0 Å². The maximum absolute atomic E-state index is 12.6. The monoisotopic (exact) mass is 275 g/mol. The third-order valence-corrected chi connectivity index (χ3v) is 4.13. The Bertz CT molecular complexity index is 469. The molecular formula is C15H21N3O2. The number of nitrogens with zero attached hydrogens (tertiary/aromatic N) is 2. The van der Waals surface area contributed by atoms with Crippen molar-refractivity contribution in [1.82, 2.24) is 15.4 Å². The number of hydroxylamine groups is 2. The normalized spacial score (nSPS) is 24.1. The van der Waals surface area contributed by atoms with Crippen molar-refractivity contribution in [2.75, 3.05) is 19.7 Å². The zero-order valence-electron chi connectivity index (χ0n) is 11.8. The topological polar surface area (TPSA) is 54.5 Å². The minimum absolute atomic E-state index is 0.0190. The molecular weight excluding hydrogens is 254 g/mol. The summed E-state index contributed by atoms with van der Waals surface area (Å²) in [5, 5.41) is 4.89. The maximum atomic E-state index is 12.6. The van der Waals surface area contributed by atoms with Crippen molar-refractivity contribution in [3.63, 3.8) is 0 Å². The molecule has 2 aliphatic rings. The highest BCUT2D eigenvalue weighted by atomic mass is 16.7. The molecule has 20 heavy (non-hydrogen) atoms. The minimum Gasteiger partial charge on any atom is -0.317 e. The van der Waals surface area contributed by atoms with E-state index in [1.807, 2.05) is 25.3 Å². The zero-order valence-corrected chi connectivity index (χ0v) is 11.8. The second-order valence-corrected chi connectivity index (χ2v) is 5.56. The Kier molecular flexibility index (Phi) is 3.98. The summed E-state index contributed by atoms with van der Waals surface area (Å²) in [6.07, 6.45) is 4.51. The van der Waals surface area contributed by atoms with Gasteiger partial charge in [-0.25, -0.2) is 5.06 Å². The highest BCUT2D eigenvalue weighted by molar-refractivity contribution is 5.78. The van der Waals surface area contributed by atoms with Crippen LogP contribution in [0.2, 0.25) is 0 Å². The SMILES string of the molecule is Cc1ccc([C@@H]2CCON2C(=O)C2CCNCC2)cn1. The predicted molar refractivity (Wildman–Crippen MR) is 74.7 cm³/mol. The Morgan fingerprint density at radius 1 is 1.35 bits per heavy atom.